The third kappa shape index (κ3) is 5.12. The van der Waals surface area contributed by atoms with Gasteiger partial charge in [-0.3, -0.25) is 0 Å². The zero-order valence-corrected chi connectivity index (χ0v) is 31.7. The first-order valence-electron chi connectivity index (χ1n) is 20.0. The van der Waals surface area contributed by atoms with Gasteiger partial charge in [0.15, 0.2) is 0 Å². The average Bonchev–Trinajstić information content (AvgIpc) is 3.62. The van der Waals surface area contributed by atoms with Crippen molar-refractivity contribution < 1.29 is 0 Å². The highest BCUT2D eigenvalue weighted by Gasteiger charge is 2.26. The van der Waals surface area contributed by atoms with E-state index in [4.69, 9.17) is 0 Å². The summed E-state index contributed by atoms with van der Waals surface area (Å²) >= 11 is 0. The molecule has 11 aromatic rings. The maximum Gasteiger partial charge on any atom is 0.0561 e. The minimum atomic E-state index is 1.11. The van der Waals surface area contributed by atoms with E-state index in [2.05, 4.69) is 228 Å². The van der Waals surface area contributed by atoms with Gasteiger partial charge in [0.1, 0.15) is 0 Å². The third-order valence-electron chi connectivity index (χ3n) is 12.1. The second kappa shape index (κ2) is 12.9. The summed E-state index contributed by atoms with van der Waals surface area (Å²) in [6, 6.07) is 80.0. The van der Waals surface area contributed by atoms with Crippen LogP contribution in [0.1, 0.15) is 0 Å². The van der Waals surface area contributed by atoms with E-state index in [9.17, 15) is 0 Å². The van der Waals surface area contributed by atoms with Gasteiger partial charge in [-0.1, -0.05) is 140 Å². The lowest BCUT2D eigenvalue weighted by molar-refractivity contribution is 1.18. The maximum atomic E-state index is 2.45. The molecule has 270 valence electrons. The first kappa shape index (κ1) is 32.6. The minimum Gasteiger partial charge on any atom is -0.310 e. The van der Waals surface area contributed by atoms with Gasteiger partial charge in [0.05, 0.1) is 16.7 Å². The van der Waals surface area contributed by atoms with Crippen LogP contribution in [-0.2, 0) is 0 Å². The average molecular weight is 737 g/mol. The summed E-state index contributed by atoms with van der Waals surface area (Å²) in [5.41, 5.74) is 17.0. The largest absolute Gasteiger partial charge is 0.310 e. The minimum absolute atomic E-state index is 1.11. The van der Waals surface area contributed by atoms with Crippen LogP contribution in [0.15, 0.2) is 218 Å². The predicted octanol–water partition coefficient (Wildman–Crippen LogP) is 15.5. The van der Waals surface area contributed by atoms with Crippen molar-refractivity contribution >= 4 is 60.4 Å². The highest BCUT2D eigenvalue weighted by molar-refractivity contribution is 6.15. The van der Waals surface area contributed by atoms with Crippen LogP contribution in [0, 0.1) is 0 Å². The molecule has 0 bridgehead atoms. The molecule has 0 radical (unpaired) electrons. The lowest BCUT2D eigenvalue weighted by atomic mass is 9.77. The Morgan fingerprint density at radius 1 is 0.293 bits per heavy atom. The van der Waals surface area contributed by atoms with Gasteiger partial charge in [-0.15, -0.1) is 0 Å². The van der Waals surface area contributed by atoms with E-state index in [1.54, 1.807) is 0 Å². The second-order valence-electron chi connectivity index (χ2n) is 15.4. The van der Waals surface area contributed by atoms with E-state index in [0.29, 0.717) is 0 Å². The number of para-hydroxylation sites is 2. The normalized spacial score (nSPS) is 11.8. The molecule has 0 N–H and O–H groups in total. The van der Waals surface area contributed by atoms with Crippen molar-refractivity contribution in [3.63, 3.8) is 0 Å². The fraction of sp³-hybridized carbons (Fsp3) is 0. The molecule has 12 rings (SSSR count). The SMILES string of the molecule is c1ccc(-c2ccc(N(c3ccc4c5ccccc5n(-c5ccccc5)c4c3)c3cccc4cc5c(cc34)-c3cc4cc(-c6ccccc6)ccc4cc3-5)cc2)cc1. The Balaban J connectivity index is 1.05. The lowest BCUT2D eigenvalue weighted by Crippen LogP contribution is -2.11. The Morgan fingerprint density at radius 2 is 0.862 bits per heavy atom. The number of anilines is 3. The monoisotopic (exact) mass is 736 g/mol. The number of aromatic nitrogens is 1. The Labute approximate surface area is 337 Å². The fourth-order valence-electron chi connectivity index (χ4n) is 9.25. The van der Waals surface area contributed by atoms with Gasteiger partial charge in [0.25, 0.3) is 0 Å². The lowest BCUT2D eigenvalue weighted by Gasteiger charge is -2.30. The first-order valence-corrected chi connectivity index (χ1v) is 20.0. The molecule has 0 saturated heterocycles. The molecule has 1 aliphatic rings. The van der Waals surface area contributed by atoms with E-state index in [-0.39, 0.29) is 0 Å². The number of fused-ring (bicyclic) bond motifs is 9. The Kier molecular flexibility index (Phi) is 7.26. The van der Waals surface area contributed by atoms with Crippen LogP contribution in [0.5, 0.6) is 0 Å². The summed E-state index contributed by atoms with van der Waals surface area (Å²) in [5.74, 6) is 0. The first-order chi connectivity index (χ1) is 28.7. The maximum absolute atomic E-state index is 2.45. The number of hydrogen-bond acceptors (Lipinski definition) is 1. The van der Waals surface area contributed by atoms with Gasteiger partial charge in [-0.05, 0) is 140 Å². The van der Waals surface area contributed by atoms with Crippen molar-refractivity contribution in [2.24, 2.45) is 0 Å². The molecule has 0 atom stereocenters. The molecule has 0 fully saturated rings. The summed E-state index contributed by atoms with van der Waals surface area (Å²) < 4.78 is 2.40. The molecule has 0 saturated carbocycles. The van der Waals surface area contributed by atoms with Gasteiger partial charge in [0, 0.05) is 33.2 Å². The van der Waals surface area contributed by atoms with E-state index in [1.807, 2.05) is 0 Å². The van der Waals surface area contributed by atoms with Crippen molar-refractivity contribution in [2.45, 2.75) is 0 Å². The molecule has 1 heterocycles. The summed E-state index contributed by atoms with van der Waals surface area (Å²) in [6.45, 7) is 0. The highest BCUT2D eigenvalue weighted by Crippen LogP contribution is 2.52. The smallest absolute Gasteiger partial charge is 0.0561 e. The quantitative estimate of drug-likeness (QED) is 0.165. The van der Waals surface area contributed by atoms with Crippen LogP contribution >= 0.6 is 0 Å². The number of nitrogens with zero attached hydrogens (tertiary/aromatic N) is 2. The zero-order valence-electron chi connectivity index (χ0n) is 31.7. The number of benzene rings is 10. The molecule has 1 aromatic heterocycles. The molecule has 2 nitrogen and oxygen atoms in total. The van der Waals surface area contributed by atoms with E-state index in [0.717, 1.165) is 22.7 Å². The summed E-state index contributed by atoms with van der Waals surface area (Å²) in [5, 5.41) is 7.47. The molecule has 58 heavy (non-hydrogen) atoms. The van der Waals surface area contributed by atoms with Crippen molar-refractivity contribution in [3.05, 3.63) is 218 Å². The second-order valence-corrected chi connectivity index (χ2v) is 15.4. The number of hydrogen-bond donors (Lipinski definition) is 0. The van der Waals surface area contributed by atoms with Gasteiger partial charge in [0.2, 0.25) is 0 Å². The summed E-state index contributed by atoms with van der Waals surface area (Å²) in [7, 11) is 0. The predicted molar refractivity (Wildman–Crippen MR) is 246 cm³/mol. The molecule has 0 unspecified atom stereocenters. The molecular formula is C56H36N2. The molecule has 0 amide bonds. The molecule has 1 aliphatic carbocycles. The molecule has 0 spiro atoms. The Hall–Kier alpha value is -7.68. The summed E-state index contributed by atoms with van der Waals surface area (Å²) in [6.07, 6.45) is 0. The van der Waals surface area contributed by atoms with Gasteiger partial charge < -0.3 is 9.47 Å². The molecule has 10 aromatic carbocycles. The van der Waals surface area contributed by atoms with Crippen molar-refractivity contribution in [1.82, 2.24) is 4.57 Å². The van der Waals surface area contributed by atoms with E-state index >= 15 is 0 Å². The van der Waals surface area contributed by atoms with Crippen LogP contribution < -0.4 is 4.90 Å². The van der Waals surface area contributed by atoms with Crippen LogP contribution in [0.3, 0.4) is 0 Å². The van der Waals surface area contributed by atoms with Crippen molar-refractivity contribution in [1.29, 1.82) is 0 Å². The van der Waals surface area contributed by atoms with Crippen LogP contribution in [0.25, 0.3) is 93.5 Å². The van der Waals surface area contributed by atoms with E-state index in [1.165, 1.54) is 87.9 Å². The third-order valence-corrected chi connectivity index (χ3v) is 12.1. The van der Waals surface area contributed by atoms with Gasteiger partial charge in [-0.2, -0.15) is 0 Å². The summed E-state index contributed by atoms with van der Waals surface area (Å²) in [4.78, 5) is 2.45. The molecular weight excluding hydrogens is 701 g/mol. The molecule has 2 heteroatoms. The van der Waals surface area contributed by atoms with Crippen molar-refractivity contribution in [2.75, 3.05) is 4.90 Å². The Bertz CT molecular complexity index is 3360. The highest BCUT2D eigenvalue weighted by atomic mass is 15.1. The zero-order chi connectivity index (χ0) is 38.2. The van der Waals surface area contributed by atoms with Crippen LogP contribution in [0.2, 0.25) is 0 Å². The Morgan fingerprint density at radius 3 is 1.62 bits per heavy atom. The van der Waals surface area contributed by atoms with Gasteiger partial charge in [-0.25, -0.2) is 0 Å². The topological polar surface area (TPSA) is 8.17 Å². The van der Waals surface area contributed by atoms with Gasteiger partial charge >= 0.3 is 0 Å². The standard InChI is InChI=1S/C56H36N2/c1-4-13-37(14-5-1)39-25-27-45(28-26-39)57(46-29-30-48-47-20-10-11-21-54(47)58(56(48)35-46)44-18-8-3-9-19-44)55-22-12-17-42-33-51-50-32-41-24-23-40(38-15-6-2-7-16-38)31-43(41)34-52(50)53(51)36-49(42)55/h1-36H. The van der Waals surface area contributed by atoms with Crippen LogP contribution in [-0.4, -0.2) is 4.57 Å². The molecule has 0 aliphatic heterocycles. The van der Waals surface area contributed by atoms with Crippen molar-refractivity contribution in [3.8, 4) is 50.2 Å². The van der Waals surface area contributed by atoms with Crippen LogP contribution in [0.4, 0.5) is 17.1 Å². The fourth-order valence-corrected chi connectivity index (χ4v) is 9.25. The number of rotatable bonds is 6. The van der Waals surface area contributed by atoms with E-state index < -0.39 is 0 Å².